The number of likely N-dealkylation sites (tertiary alicyclic amines) is 1. The van der Waals surface area contributed by atoms with Crippen molar-refractivity contribution in [3.63, 3.8) is 0 Å². The Kier molecular flexibility index (Phi) is 6.27. The van der Waals surface area contributed by atoms with Crippen molar-refractivity contribution in [2.24, 2.45) is 0 Å². The predicted molar refractivity (Wildman–Crippen MR) is 131 cm³/mol. The van der Waals surface area contributed by atoms with Gasteiger partial charge in [0.15, 0.2) is 5.76 Å². The summed E-state index contributed by atoms with van der Waals surface area (Å²) in [4.78, 5) is 31.6. The number of piperidine rings is 1. The molecule has 4 heterocycles. The number of benzene rings is 1. The molecule has 8 heteroatoms. The number of furan rings is 1. The van der Waals surface area contributed by atoms with Crippen LogP contribution in [0.15, 0.2) is 65.3 Å². The van der Waals surface area contributed by atoms with Gasteiger partial charge in [0.25, 0.3) is 11.8 Å². The van der Waals surface area contributed by atoms with Crippen LogP contribution in [0.1, 0.15) is 50.8 Å². The number of rotatable bonds is 6. The molecule has 1 fully saturated rings. The van der Waals surface area contributed by atoms with Gasteiger partial charge >= 0.3 is 0 Å². The van der Waals surface area contributed by atoms with Gasteiger partial charge in [-0.2, -0.15) is 0 Å². The minimum atomic E-state index is -0.211. The second kappa shape index (κ2) is 9.66. The van der Waals surface area contributed by atoms with Crippen molar-refractivity contribution in [1.82, 2.24) is 19.6 Å². The van der Waals surface area contributed by atoms with Crippen LogP contribution < -0.4 is 10.1 Å². The zero-order chi connectivity index (χ0) is 24.4. The average molecular weight is 473 g/mol. The van der Waals surface area contributed by atoms with E-state index < -0.39 is 0 Å². The number of imidazole rings is 1. The molecule has 2 amide bonds. The van der Waals surface area contributed by atoms with Crippen LogP contribution in [0.4, 0.5) is 0 Å². The van der Waals surface area contributed by atoms with Crippen LogP contribution in [-0.2, 0) is 6.61 Å². The molecule has 35 heavy (non-hydrogen) atoms. The van der Waals surface area contributed by atoms with Crippen LogP contribution in [0, 0.1) is 13.8 Å². The molecule has 5 rings (SSSR count). The molecular weight excluding hydrogens is 444 g/mol. The van der Waals surface area contributed by atoms with Crippen molar-refractivity contribution < 1.29 is 18.7 Å². The third-order valence-electron chi connectivity index (χ3n) is 6.22. The Morgan fingerprint density at radius 2 is 1.80 bits per heavy atom. The third-order valence-corrected chi connectivity index (χ3v) is 6.22. The Bertz CT molecular complexity index is 1350. The van der Waals surface area contributed by atoms with Gasteiger partial charge in [0, 0.05) is 37.1 Å². The van der Waals surface area contributed by atoms with E-state index in [2.05, 4.69) is 10.3 Å². The molecule has 8 nitrogen and oxygen atoms in total. The van der Waals surface area contributed by atoms with Gasteiger partial charge < -0.3 is 23.8 Å². The number of pyridine rings is 1. The third kappa shape index (κ3) is 5.21. The highest BCUT2D eigenvalue weighted by Crippen LogP contribution is 2.19. The van der Waals surface area contributed by atoms with Gasteiger partial charge in [-0.1, -0.05) is 6.07 Å². The van der Waals surface area contributed by atoms with Crippen LogP contribution >= 0.6 is 0 Å². The number of nitrogens with one attached hydrogen (secondary N) is 1. The number of ether oxygens (including phenoxy) is 1. The number of amides is 2. The van der Waals surface area contributed by atoms with E-state index in [-0.39, 0.29) is 17.9 Å². The lowest BCUT2D eigenvalue weighted by atomic mass is 10.0. The van der Waals surface area contributed by atoms with E-state index in [9.17, 15) is 9.59 Å². The predicted octanol–water partition coefficient (Wildman–Crippen LogP) is 4.16. The highest BCUT2D eigenvalue weighted by Gasteiger charge is 2.25. The second-order valence-electron chi connectivity index (χ2n) is 8.97. The smallest absolute Gasteiger partial charge is 0.287 e. The van der Waals surface area contributed by atoms with Gasteiger partial charge in [0.1, 0.15) is 23.8 Å². The molecule has 0 radical (unpaired) electrons. The van der Waals surface area contributed by atoms with E-state index in [0.717, 1.165) is 11.3 Å². The zero-order valence-corrected chi connectivity index (χ0v) is 19.9. The minimum absolute atomic E-state index is 0.0151. The number of carbonyl (C=O) groups excluding carboxylic acids is 2. The van der Waals surface area contributed by atoms with Crippen molar-refractivity contribution in [2.45, 2.75) is 39.3 Å². The van der Waals surface area contributed by atoms with E-state index in [0.29, 0.717) is 55.4 Å². The van der Waals surface area contributed by atoms with Crippen molar-refractivity contribution in [2.75, 3.05) is 13.1 Å². The first-order chi connectivity index (χ1) is 16.9. The van der Waals surface area contributed by atoms with Gasteiger partial charge in [-0.25, -0.2) is 4.98 Å². The normalized spacial score (nSPS) is 14.3. The first kappa shape index (κ1) is 22.7. The summed E-state index contributed by atoms with van der Waals surface area (Å²) in [5.74, 6) is 1.48. The Hall–Kier alpha value is -4.07. The molecule has 0 spiro atoms. The molecule has 0 atom stereocenters. The molecule has 1 aliphatic heterocycles. The highest BCUT2D eigenvalue weighted by atomic mass is 16.5. The monoisotopic (exact) mass is 472 g/mol. The maximum absolute atomic E-state index is 12.9. The van der Waals surface area contributed by atoms with Gasteiger partial charge in [-0.15, -0.1) is 0 Å². The molecule has 1 N–H and O–H groups in total. The second-order valence-corrected chi connectivity index (χ2v) is 8.97. The molecular formula is C27H28N4O4. The summed E-state index contributed by atoms with van der Waals surface area (Å²) in [5.41, 5.74) is 3.51. The topological polar surface area (TPSA) is 89.1 Å². The minimum Gasteiger partial charge on any atom is -0.487 e. The molecule has 3 aromatic heterocycles. The van der Waals surface area contributed by atoms with Gasteiger partial charge in [-0.05, 0) is 74.7 Å². The molecule has 0 aliphatic carbocycles. The summed E-state index contributed by atoms with van der Waals surface area (Å²) >= 11 is 0. The van der Waals surface area contributed by atoms with E-state index in [1.807, 2.05) is 59.8 Å². The van der Waals surface area contributed by atoms with Gasteiger partial charge in [0.05, 0.1) is 5.69 Å². The number of hydrogen-bond donors (Lipinski definition) is 1. The fraction of sp³-hybridized carbons (Fsp3) is 0.296. The number of fused-ring (bicyclic) bond motifs is 1. The number of hydrogen-bond acceptors (Lipinski definition) is 5. The largest absolute Gasteiger partial charge is 0.487 e. The summed E-state index contributed by atoms with van der Waals surface area (Å²) in [6.07, 6.45) is 5.40. The van der Waals surface area contributed by atoms with E-state index in [1.165, 1.54) is 5.56 Å². The lowest BCUT2D eigenvalue weighted by Crippen LogP contribution is -2.46. The number of aromatic nitrogens is 2. The van der Waals surface area contributed by atoms with Crippen molar-refractivity contribution in [3.8, 4) is 5.75 Å². The molecule has 0 unspecified atom stereocenters. The SMILES string of the molecule is Cc1ccc2nc(COc3ccc(C(=O)N4CCC(NC(=O)c5ccc(C)o5)CC4)cc3)cn2c1. The Labute approximate surface area is 203 Å². The van der Waals surface area contributed by atoms with Gasteiger partial charge in [-0.3, -0.25) is 9.59 Å². The lowest BCUT2D eigenvalue weighted by molar-refractivity contribution is 0.0695. The van der Waals surface area contributed by atoms with Gasteiger partial charge in [0.2, 0.25) is 0 Å². The number of aryl methyl sites for hydroxylation is 2. The summed E-state index contributed by atoms with van der Waals surface area (Å²) in [7, 11) is 0. The summed E-state index contributed by atoms with van der Waals surface area (Å²) < 4.78 is 13.2. The molecule has 1 aliphatic rings. The quantitative estimate of drug-likeness (QED) is 0.455. The van der Waals surface area contributed by atoms with E-state index in [4.69, 9.17) is 9.15 Å². The van der Waals surface area contributed by atoms with E-state index in [1.54, 1.807) is 24.3 Å². The van der Waals surface area contributed by atoms with Crippen LogP contribution in [0.25, 0.3) is 5.65 Å². The van der Waals surface area contributed by atoms with Crippen LogP contribution in [0.5, 0.6) is 5.75 Å². The number of nitrogens with zero attached hydrogens (tertiary/aromatic N) is 3. The number of carbonyl (C=O) groups is 2. The molecule has 0 bridgehead atoms. The highest BCUT2D eigenvalue weighted by molar-refractivity contribution is 5.94. The van der Waals surface area contributed by atoms with Crippen LogP contribution in [0.2, 0.25) is 0 Å². The fourth-order valence-corrected chi connectivity index (χ4v) is 4.30. The summed E-state index contributed by atoms with van der Waals surface area (Å²) in [6.45, 7) is 5.38. The van der Waals surface area contributed by atoms with Crippen molar-refractivity contribution in [3.05, 3.63) is 89.3 Å². The summed E-state index contributed by atoms with van der Waals surface area (Å²) in [6, 6.07) is 14.7. The first-order valence-corrected chi connectivity index (χ1v) is 11.8. The maximum atomic E-state index is 12.9. The molecule has 4 aromatic rings. The Balaban J connectivity index is 1.11. The maximum Gasteiger partial charge on any atom is 0.287 e. The molecule has 1 aromatic carbocycles. The lowest BCUT2D eigenvalue weighted by Gasteiger charge is -2.32. The molecule has 0 saturated carbocycles. The standard InChI is InChI=1S/C27H28N4O4/c1-18-3-10-25-28-22(16-31(25)15-18)17-34-23-7-5-20(6-8-23)27(33)30-13-11-21(12-14-30)29-26(32)24-9-4-19(2)35-24/h3-10,15-16,21H,11-14,17H2,1-2H3,(H,29,32). The van der Waals surface area contributed by atoms with Crippen molar-refractivity contribution in [1.29, 1.82) is 0 Å². The summed E-state index contributed by atoms with van der Waals surface area (Å²) in [5, 5.41) is 3.00. The van der Waals surface area contributed by atoms with Crippen LogP contribution in [-0.4, -0.2) is 45.2 Å². The Morgan fingerprint density at radius 1 is 1.03 bits per heavy atom. The van der Waals surface area contributed by atoms with Crippen LogP contribution in [0.3, 0.4) is 0 Å². The molecule has 1 saturated heterocycles. The van der Waals surface area contributed by atoms with Crippen molar-refractivity contribution >= 4 is 17.5 Å². The van der Waals surface area contributed by atoms with E-state index >= 15 is 0 Å². The zero-order valence-electron chi connectivity index (χ0n) is 19.9. The fourth-order valence-electron chi connectivity index (χ4n) is 4.30. The average Bonchev–Trinajstić information content (AvgIpc) is 3.48. The Morgan fingerprint density at radius 3 is 2.51 bits per heavy atom. The molecule has 180 valence electrons. The first-order valence-electron chi connectivity index (χ1n) is 11.8.